The molecule has 8 rings (SSSR count). The van der Waals surface area contributed by atoms with Crippen LogP contribution < -0.4 is 25.7 Å². The van der Waals surface area contributed by atoms with Gasteiger partial charge in [-0.25, -0.2) is 4.39 Å². The fourth-order valence-electron chi connectivity index (χ4n) is 7.07. The maximum atomic E-state index is 16.2. The minimum atomic E-state index is -0.638. The van der Waals surface area contributed by atoms with E-state index in [1.165, 1.54) is 19.2 Å². The zero-order chi connectivity index (χ0) is 32.2. The molecule has 12 heteroatoms. The Morgan fingerprint density at radius 3 is 2.68 bits per heavy atom. The van der Waals surface area contributed by atoms with E-state index in [1.807, 2.05) is 41.3 Å². The van der Waals surface area contributed by atoms with Gasteiger partial charge < -0.3 is 34.0 Å². The Labute approximate surface area is 268 Å². The molecule has 2 aromatic heterocycles. The quantitative estimate of drug-likeness (QED) is 0.249. The standard InChI is InChI=1S/C35H34FN5O6/c1-20(42)38-21-7-10-40(18-21)32-26(36)15-24-31-34(32)47-30-16-23-22-5-2-3-6-28(22)46-29(23)17-27(30)41(31)19-25(33(24)43)35(44)37-8-4-9-39-11-13-45-14-12-39/h2-3,5-6,15-17,19,21H,4,7-14,18H2,1H3,(H,37,44)(H,38,42)/t21-/m1/s1. The normalized spacial score (nSPS) is 17.7. The number of ether oxygens (including phenoxy) is 2. The van der Waals surface area contributed by atoms with Gasteiger partial charge in [0.25, 0.3) is 5.91 Å². The highest BCUT2D eigenvalue weighted by atomic mass is 19.1. The first kappa shape index (κ1) is 29.5. The number of furan rings is 1. The third-order valence-electron chi connectivity index (χ3n) is 9.30. The predicted molar refractivity (Wildman–Crippen MR) is 175 cm³/mol. The summed E-state index contributed by atoms with van der Waals surface area (Å²) >= 11 is 0. The Bertz CT molecular complexity index is 2130. The molecule has 242 valence electrons. The molecule has 0 radical (unpaired) electrons. The third kappa shape index (κ3) is 5.17. The van der Waals surface area contributed by atoms with Crippen molar-refractivity contribution >= 4 is 50.3 Å². The lowest BCUT2D eigenvalue weighted by molar-refractivity contribution is -0.119. The molecule has 2 amide bonds. The van der Waals surface area contributed by atoms with Crippen LogP contribution in [0.5, 0.6) is 11.5 Å². The summed E-state index contributed by atoms with van der Waals surface area (Å²) in [6.07, 6.45) is 2.87. The number of nitrogens with zero attached hydrogens (tertiary/aromatic N) is 3. The van der Waals surface area contributed by atoms with Crippen molar-refractivity contribution in [2.45, 2.75) is 25.8 Å². The number of halogens is 1. The number of carbonyl (C=O) groups is 2. The van der Waals surface area contributed by atoms with Crippen molar-refractivity contribution in [3.05, 3.63) is 70.3 Å². The highest BCUT2D eigenvalue weighted by Crippen LogP contribution is 2.48. The smallest absolute Gasteiger partial charge is 0.256 e. The molecule has 2 N–H and O–H groups in total. The first-order valence-electron chi connectivity index (χ1n) is 16.0. The molecule has 3 aromatic carbocycles. The van der Waals surface area contributed by atoms with Crippen molar-refractivity contribution in [1.29, 1.82) is 0 Å². The fraction of sp³-hybridized carbons (Fsp3) is 0.343. The van der Waals surface area contributed by atoms with Gasteiger partial charge >= 0.3 is 0 Å². The zero-order valence-electron chi connectivity index (χ0n) is 25.9. The third-order valence-corrected chi connectivity index (χ3v) is 9.30. The number of rotatable bonds is 7. The Morgan fingerprint density at radius 2 is 1.85 bits per heavy atom. The first-order valence-corrected chi connectivity index (χ1v) is 16.0. The van der Waals surface area contributed by atoms with Gasteiger partial charge in [-0.05, 0) is 37.6 Å². The molecule has 2 fully saturated rings. The lowest BCUT2D eigenvalue weighted by Gasteiger charge is -2.29. The van der Waals surface area contributed by atoms with Crippen LogP contribution >= 0.6 is 0 Å². The number of hydrogen-bond donors (Lipinski definition) is 2. The molecule has 5 heterocycles. The van der Waals surface area contributed by atoms with Crippen molar-refractivity contribution in [3.8, 4) is 17.2 Å². The van der Waals surface area contributed by atoms with Crippen molar-refractivity contribution in [2.24, 2.45) is 0 Å². The SMILES string of the molecule is CC(=O)N[C@@H]1CCN(c2c(F)cc3c(=O)c(C(=O)NCCCN4CCOCC4)cn4c3c2Oc2cc3c(cc2-4)oc2ccccc23)C1. The number of hydrogen-bond acceptors (Lipinski definition) is 8. The van der Waals surface area contributed by atoms with Crippen LogP contribution in [0.25, 0.3) is 38.5 Å². The van der Waals surface area contributed by atoms with Crippen molar-refractivity contribution < 1.29 is 27.9 Å². The van der Waals surface area contributed by atoms with Gasteiger partial charge in [-0.15, -0.1) is 0 Å². The Hall–Kier alpha value is -4.94. The van der Waals surface area contributed by atoms with Gasteiger partial charge in [0.2, 0.25) is 11.3 Å². The molecule has 11 nitrogen and oxygen atoms in total. The number of pyridine rings is 1. The molecule has 0 unspecified atom stereocenters. The molecule has 2 saturated heterocycles. The van der Waals surface area contributed by atoms with Crippen molar-refractivity contribution in [1.82, 2.24) is 20.1 Å². The number of carbonyl (C=O) groups excluding carboxylic acids is 2. The minimum absolute atomic E-state index is 0.0372. The van der Waals surface area contributed by atoms with Crippen LogP contribution in [0.2, 0.25) is 0 Å². The molecule has 0 spiro atoms. The number of nitrogens with one attached hydrogen (secondary N) is 2. The average Bonchev–Trinajstić information content (AvgIpc) is 3.67. The molecule has 47 heavy (non-hydrogen) atoms. The second kappa shape index (κ2) is 11.7. The van der Waals surface area contributed by atoms with Gasteiger partial charge in [0.05, 0.1) is 24.3 Å². The number of benzene rings is 3. The molecular weight excluding hydrogens is 605 g/mol. The second-order valence-electron chi connectivity index (χ2n) is 12.4. The van der Waals surface area contributed by atoms with Crippen LogP contribution in [-0.2, 0) is 9.53 Å². The van der Waals surface area contributed by atoms with E-state index in [2.05, 4.69) is 15.5 Å². The van der Waals surface area contributed by atoms with Crippen LogP contribution in [0.3, 0.4) is 0 Å². The number of morpholine rings is 1. The highest BCUT2D eigenvalue weighted by Gasteiger charge is 2.34. The van der Waals surface area contributed by atoms with Gasteiger partial charge in [0.1, 0.15) is 27.9 Å². The van der Waals surface area contributed by atoms with E-state index >= 15 is 4.39 Å². The van der Waals surface area contributed by atoms with Crippen molar-refractivity contribution in [2.75, 3.05) is 57.4 Å². The molecule has 0 bridgehead atoms. The second-order valence-corrected chi connectivity index (χ2v) is 12.4. The maximum Gasteiger partial charge on any atom is 0.256 e. The van der Waals surface area contributed by atoms with Crippen LogP contribution in [0.15, 0.2) is 57.9 Å². The van der Waals surface area contributed by atoms with E-state index in [0.29, 0.717) is 73.8 Å². The average molecular weight is 640 g/mol. The van der Waals surface area contributed by atoms with Crippen LogP contribution in [0.1, 0.15) is 30.1 Å². The summed E-state index contributed by atoms with van der Waals surface area (Å²) in [5, 5.41) is 7.57. The number of amides is 2. The first-order chi connectivity index (χ1) is 22.9. The largest absolute Gasteiger partial charge is 0.456 e. The lowest BCUT2D eigenvalue weighted by Crippen LogP contribution is -2.38. The summed E-state index contributed by atoms with van der Waals surface area (Å²) < 4.78 is 36.0. The molecule has 1 atom stereocenters. The monoisotopic (exact) mass is 639 g/mol. The van der Waals surface area contributed by atoms with Gasteiger partial charge in [0.15, 0.2) is 17.3 Å². The molecule has 3 aliphatic rings. The molecule has 3 aliphatic heterocycles. The summed E-state index contributed by atoms with van der Waals surface area (Å²) in [6.45, 7) is 6.61. The van der Waals surface area contributed by atoms with Crippen LogP contribution in [0.4, 0.5) is 10.1 Å². The summed E-state index contributed by atoms with van der Waals surface area (Å²) in [5.41, 5.74) is 1.78. The minimum Gasteiger partial charge on any atom is -0.456 e. The Kier molecular flexibility index (Phi) is 7.33. The zero-order valence-corrected chi connectivity index (χ0v) is 25.9. The van der Waals surface area contributed by atoms with Crippen molar-refractivity contribution in [3.63, 3.8) is 0 Å². The molecular formula is C35H34FN5O6. The summed E-state index contributed by atoms with van der Waals surface area (Å²) in [7, 11) is 0. The van der Waals surface area contributed by atoms with E-state index in [9.17, 15) is 14.4 Å². The van der Waals surface area contributed by atoms with E-state index in [-0.39, 0.29) is 34.3 Å². The van der Waals surface area contributed by atoms with E-state index < -0.39 is 17.2 Å². The number of aromatic nitrogens is 1. The molecule has 0 aliphatic carbocycles. The summed E-state index contributed by atoms with van der Waals surface area (Å²) in [5.74, 6) is -0.690. The van der Waals surface area contributed by atoms with E-state index in [1.54, 1.807) is 4.57 Å². The Balaban J connectivity index is 1.23. The summed E-state index contributed by atoms with van der Waals surface area (Å²) in [4.78, 5) is 43.3. The van der Waals surface area contributed by atoms with Gasteiger partial charge in [-0.3, -0.25) is 19.3 Å². The summed E-state index contributed by atoms with van der Waals surface area (Å²) in [6, 6.07) is 12.4. The maximum absolute atomic E-state index is 16.2. The van der Waals surface area contributed by atoms with Gasteiger partial charge in [-0.1, -0.05) is 18.2 Å². The fourth-order valence-corrected chi connectivity index (χ4v) is 7.07. The number of para-hydroxylation sites is 1. The number of anilines is 1. The van der Waals surface area contributed by atoms with Crippen LogP contribution in [-0.4, -0.2) is 79.8 Å². The number of fused-ring (bicyclic) bond motifs is 5. The van der Waals surface area contributed by atoms with Gasteiger partial charge in [-0.2, -0.15) is 0 Å². The van der Waals surface area contributed by atoms with E-state index in [4.69, 9.17) is 13.9 Å². The Morgan fingerprint density at radius 1 is 1.02 bits per heavy atom. The topological polar surface area (TPSA) is 118 Å². The predicted octanol–water partition coefficient (Wildman–Crippen LogP) is 4.30. The molecule has 5 aromatic rings. The highest BCUT2D eigenvalue weighted by molar-refractivity contribution is 6.07. The molecule has 0 saturated carbocycles. The lowest BCUT2D eigenvalue weighted by atomic mass is 10.0. The van der Waals surface area contributed by atoms with Gasteiger partial charge in [0, 0.05) is 68.7 Å². The van der Waals surface area contributed by atoms with Crippen LogP contribution in [0, 0.1) is 5.82 Å². The van der Waals surface area contributed by atoms with E-state index in [0.717, 1.165) is 30.4 Å².